The Hall–Kier alpha value is -3.54. The predicted octanol–water partition coefficient (Wildman–Crippen LogP) is 5.62. The number of rotatable bonds is 5. The van der Waals surface area contributed by atoms with E-state index >= 15 is 0 Å². The van der Waals surface area contributed by atoms with Crippen LogP contribution in [-0.4, -0.2) is 30.8 Å². The number of amides is 1. The highest BCUT2D eigenvalue weighted by molar-refractivity contribution is 5.98. The van der Waals surface area contributed by atoms with Crippen LogP contribution in [0.2, 0.25) is 0 Å². The highest BCUT2D eigenvalue weighted by Crippen LogP contribution is 2.40. The van der Waals surface area contributed by atoms with Crippen LogP contribution in [0.5, 0.6) is 5.75 Å². The second-order valence-corrected chi connectivity index (χ2v) is 8.91. The SMILES string of the molecule is COc1cccc2cc(C(=O)N/N=C/c3ccc4c(c3)C(C)=CC(C)(C)N4C(C)C)oc12. The minimum Gasteiger partial charge on any atom is -0.493 e. The van der Waals surface area contributed by atoms with Crippen LogP contribution < -0.4 is 15.1 Å². The number of furan rings is 1. The summed E-state index contributed by atoms with van der Waals surface area (Å²) < 4.78 is 11.0. The van der Waals surface area contributed by atoms with Crippen molar-refractivity contribution in [2.24, 2.45) is 5.10 Å². The Morgan fingerprint density at radius 2 is 2.00 bits per heavy atom. The number of nitrogens with zero attached hydrogens (tertiary/aromatic N) is 2. The molecule has 0 atom stereocenters. The number of hydrogen-bond donors (Lipinski definition) is 1. The Morgan fingerprint density at radius 3 is 2.72 bits per heavy atom. The van der Waals surface area contributed by atoms with E-state index in [0.717, 1.165) is 10.9 Å². The van der Waals surface area contributed by atoms with E-state index in [2.05, 4.69) is 68.3 Å². The Bertz CT molecular complexity index is 1230. The molecule has 2 heterocycles. The van der Waals surface area contributed by atoms with Gasteiger partial charge in [-0.05, 0) is 70.0 Å². The third kappa shape index (κ3) is 3.88. The van der Waals surface area contributed by atoms with Crippen molar-refractivity contribution < 1.29 is 13.9 Å². The molecule has 1 aliphatic heterocycles. The smallest absolute Gasteiger partial charge is 0.307 e. The van der Waals surface area contributed by atoms with Gasteiger partial charge in [0.05, 0.1) is 18.9 Å². The van der Waals surface area contributed by atoms with Crippen LogP contribution in [0.3, 0.4) is 0 Å². The maximum absolute atomic E-state index is 12.5. The lowest BCUT2D eigenvalue weighted by Crippen LogP contribution is -2.49. The molecule has 1 amide bonds. The first kappa shape index (κ1) is 21.7. The molecule has 4 rings (SSSR count). The van der Waals surface area contributed by atoms with Crippen molar-refractivity contribution in [1.82, 2.24) is 5.43 Å². The van der Waals surface area contributed by atoms with E-state index in [1.807, 2.05) is 18.2 Å². The molecule has 0 saturated heterocycles. The van der Waals surface area contributed by atoms with Gasteiger partial charge in [-0.3, -0.25) is 4.79 Å². The molecule has 1 aliphatic rings. The molecule has 166 valence electrons. The van der Waals surface area contributed by atoms with Gasteiger partial charge in [0, 0.05) is 22.7 Å². The minimum absolute atomic E-state index is 0.0515. The van der Waals surface area contributed by atoms with E-state index in [1.54, 1.807) is 25.5 Å². The van der Waals surface area contributed by atoms with E-state index in [0.29, 0.717) is 17.4 Å². The highest BCUT2D eigenvalue weighted by Gasteiger charge is 2.32. The number of nitrogens with one attached hydrogen (secondary N) is 1. The summed E-state index contributed by atoms with van der Waals surface area (Å²) in [7, 11) is 1.57. The van der Waals surface area contributed by atoms with Crippen molar-refractivity contribution in [3.8, 4) is 5.75 Å². The fourth-order valence-electron chi connectivity index (χ4n) is 4.62. The first-order valence-electron chi connectivity index (χ1n) is 10.7. The molecule has 2 aromatic carbocycles. The fraction of sp³-hybridized carbons (Fsp3) is 0.308. The maximum atomic E-state index is 12.5. The zero-order valence-corrected chi connectivity index (χ0v) is 19.4. The van der Waals surface area contributed by atoms with Crippen LogP contribution in [0.15, 0.2) is 58.1 Å². The zero-order chi connectivity index (χ0) is 23.0. The number of allylic oxidation sites excluding steroid dienone is 1. The number of ether oxygens (including phenoxy) is 1. The molecule has 6 heteroatoms. The van der Waals surface area contributed by atoms with Gasteiger partial charge < -0.3 is 14.1 Å². The van der Waals surface area contributed by atoms with Crippen molar-refractivity contribution in [3.05, 3.63) is 65.4 Å². The second-order valence-electron chi connectivity index (χ2n) is 8.91. The number of fused-ring (bicyclic) bond motifs is 2. The van der Waals surface area contributed by atoms with E-state index in [1.165, 1.54) is 16.8 Å². The van der Waals surface area contributed by atoms with E-state index in [-0.39, 0.29) is 11.3 Å². The maximum Gasteiger partial charge on any atom is 0.307 e. The average molecular weight is 432 g/mol. The van der Waals surface area contributed by atoms with Crippen LogP contribution in [0.1, 0.15) is 56.3 Å². The van der Waals surface area contributed by atoms with Crippen LogP contribution >= 0.6 is 0 Å². The summed E-state index contributed by atoms with van der Waals surface area (Å²) in [5.41, 5.74) is 7.57. The van der Waals surface area contributed by atoms with Gasteiger partial charge in [0.1, 0.15) is 0 Å². The van der Waals surface area contributed by atoms with Crippen LogP contribution in [0.4, 0.5) is 5.69 Å². The number of hydrogen-bond acceptors (Lipinski definition) is 5. The Labute approximate surface area is 188 Å². The van der Waals surface area contributed by atoms with Crippen molar-refractivity contribution in [2.45, 2.75) is 46.2 Å². The number of methoxy groups -OCH3 is 1. The monoisotopic (exact) mass is 431 g/mol. The molecule has 0 spiro atoms. The summed E-state index contributed by atoms with van der Waals surface area (Å²) in [6.45, 7) is 11.0. The van der Waals surface area contributed by atoms with Crippen LogP contribution in [0, 0.1) is 0 Å². The number of hydrazone groups is 1. The van der Waals surface area contributed by atoms with Gasteiger partial charge in [-0.2, -0.15) is 5.10 Å². The number of para-hydroxylation sites is 1. The molecule has 1 aromatic heterocycles. The molecular formula is C26H29N3O3. The molecule has 0 saturated carbocycles. The number of benzene rings is 2. The van der Waals surface area contributed by atoms with Gasteiger partial charge in [-0.1, -0.05) is 24.3 Å². The number of carbonyl (C=O) groups is 1. The van der Waals surface area contributed by atoms with Gasteiger partial charge in [0.2, 0.25) is 0 Å². The lowest BCUT2D eigenvalue weighted by molar-refractivity contribution is 0.0929. The first-order valence-corrected chi connectivity index (χ1v) is 10.7. The van der Waals surface area contributed by atoms with Crippen molar-refractivity contribution in [1.29, 1.82) is 0 Å². The van der Waals surface area contributed by atoms with Gasteiger partial charge in [0.15, 0.2) is 17.1 Å². The average Bonchev–Trinajstić information content (AvgIpc) is 3.17. The van der Waals surface area contributed by atoms with E-state index in [4.69, 9.17) is 9.15 Å². The molecule has 0 radical (unpaired) electrons. The van der Waals surface area contributed by atoms with Crippen LogP contribution in [0.25, 0.3) is 16.5 Å². The first-order chi connectivity index (χ1) is 15.2. The normalized spacial score (nSPS) is 15.2. The van der Waals surface area contributed by atoms with Crippen molar-refractivity contribution in [2.75, 3.05) is 12.0 Å². The molecule has 0 unspecified atom stereocenters. The third-order valence-corrected chi connectivity index (χ3v) is 5.74. The largest absolute Gasteiger partial charge is 0.493 e. The lowest BCUT2D eigenvalue weighted by Gasteiger charge is -2.46. The number of carbonyl (C=O) groups excluding carboxylic acids is 1. The third-order valence-electron chi connectivity index (χ3n) is 5.74. The summed E-state index contributed by atoms with van der Waals surface area (Å²) in [5.74, 6) is 0.350. The molecule has 6 nitrogen and oxygen atoms in total. The molecule has 32 heavy (non-hydrogen) atoms. The molecule has 0 fully saturated rings. The summed E-state index contributed by atoms with van der Waals surface area (Å²) in [5, 5.41) is 4.94. The van der Waals surface area contributed by atoms with Crippen molar-refractivity contribution >= 4 is 34.4 Å². The Balaban J connectivity index is 1.54. The molecule has 0 aliphatic carbocycles. The molecule has 1 N–H and O–H groups in total. The lowest BCUT2D eigenvalue weighted by atomic mass is 9.87. The van der Waals surface area contributed by atoms with Gasteiger partial charge in [-0.25, -0.2) is 5.43 Å². The fourth-order valence-corrected chi connectivity index (χ4v) is 4.62. The molecule has 3 aromatic rings. The standard InChI is InChI=1S/C26H29N3O3/c1-16(2)29-21-11-10-18(12-20(21)17(3)14-26(29,4)5)15-27-28-25(30)23-13-19-8-7-9-22(31-6)24(19)32-23/h7-16H,1-6H3,(H,28,30)/b27-15+. The highest BCUT2D eigenvalue weighted by atomic mass is 16.5. The van der Waals surface area contributed by atoms with Crippen LogP contribution in [-0.2, 0) is 0 Å². The molecule has 0 bridgehead atoms. The minimum atomic E-state index is -0.415. The van der Waals surface area contributed by atoms with Gasteiger partial charge in [0.25, 0.3) is 0 Å². The predicted molar refractivity (Wildman–Crippen MR) is 130 cm³/mol. The summed E-state index contributed by atoms with van der Waals surface area (Å²) >= 11 is 0. The Morgan fingerprint density at radius 1 is 1.22 bits per heavy atom. The topological polar surface area (TPSA) is 67.1 Å². The van der Waals surface area contributed by atoms with E-state index in [9.17, 15) is 4.79 Å². The second kappa shape index (κ2) is 8.19. The Kier molecular flexibility index (Phi) is 5.55. The zero-order valence-electron chi connectivity index (χ0n) is 19.4. The summed E-state index contributed by atoms with van der Waals surface area (Å²) in [6.07, 6.45) is 3.95. The quantitative estimate of drug-likeness (QED) is 0.421. The summed E-state index contributed by atoms with van der Waals surface area (Å²) in [6, 6.07) is 13.8. The van der Waals surface area contributed by atoms with Gasteiger partial charge in [-0.15, -0.1) is 0 Å². The van der Waals surface area contributed by atoms with Gasteiger partial charge >= 0.3 is 5.91 Å². The van der Waals surface area contributed by atoms with E-state index < -0.39 is 5.91 Å². The molecular weight excluding hydrogens is 402 g/mol. The van der Waals surface area contributed by atoms with Crippen molar-refractivity contribution in [3.63, 3.8) is 0 Å². The number of anilines is 1. The summed E-state index contributed by atoms with van der Waals surface area (Å²) in [4.78, 5) is 14.9.